The van der Waals surface area contributed by atoms with E-state index in [1.54, 1.807) is 43.3 Å². The number of carbonyl (C=O) groups excluding carboxylic acids is 1. The number of hydrogen-bond acceptors (Lipinski definition) is 5. The van der Waals surface area contributed by atoms with Crippen LogP contribution in [0.4, 0.5) is 5.69 Å². The van der Waals surface area contributed by atoms with Gasteiger partial charge in [0.05, 0.1) is 24.7 Å². The van der Waals surface area contributed by atoms with Gasteiger partial charge in [-0.25, -0.2) is 8.42 Å². The highest BCUT2D eigenvalue weighted by Gasteiger charge is 2.24. The summed E-state index contributed by atoms with van der Waals surface area (Å²) in [6, 6.07) is 10.2. The summed E-state index contributed by atoms with van der Waals surface area (Å²) >= 11 is 0. The number of amides is 1. The molecular formula is C21H28N2O5S. The van der Waals surface area contributed by atoms with Crippen LogP contribution in [0.3, 0.4) is 0 Å². The molecule has 158 valence electrons. The molecule has 0 saturated carbocycles. The Morgan fingerprint density at radius 1 is 1.00 bits per heavy atom. The number of likely N-dealkylation sites (N-methyl/N-ethyl adjacent to an activating group) is 1. The molecule has 0 fully saturated rings. The van der Waals surface area contributed by atoms with Crippen LogP contribution in [0, 0.1) is 13.8 Å². The average Bonchev–Trinajstić information content (AvgIpc) is 2.63. The van der Waals surface area contributed by atoms with E-state index in [2.05, 4.69) is 5.32 Å². The zero-order valence-corrected chi connectivity index (χ0v) is 18.3. The SMILES string of the molecule is CCOc1ccc(NC(=O)CN(C)S(=O)(=O)c2ccc(C)cc2C)cc1OCC. The fraction of sp³-hybridized carbons (Fsp3) is 0.381. The summed E-state index contributed by atoms with van der Waals surface area (Å²) in [5.41, 5.74) is 2.12. The van der Waals surface area contributed by atoms with Crippen molar-refractivity contribution in [3.8, 4) is 11.5 Å². The number of rotatable bonds is 9. The fourth-order valence-corrected chi connectivity index (χ4v) is 4.20. The number of benzene rings is 2. The van der Waals surface area contributed by atoms with Crippen molar-refractivity contribution in [1.29, 1.82) is 0 Å². The van der Waals surface area contributed by atoms with Gasteiger partial charge in [-0.3, -0.25) is 4.79 Å². The third kappa shape index (κ3) is 5.71. The van der Waals surface area contributed by atoms with Crippen LogP contribution in [-0.4, -0.2) is 45.4 Å². The Morgan fingerprint density at radius 3 is 2.28 bits per heavy atom. The zero-order valence-electron chi connectivity index (χ0n) is 17.5. The van der Waals surface area contributed by atoms with Crippen LogP contribution in [-0.2, 0) is 14.8 Å². The number of aryl methyl sites for hydroxylation is 2. The molecule has 0 atom stereocenters. The standard InChI is InChI=1S/C21H28N2O5S/c1-6-27-18-10-9-17(13-19(18)28-7-2)22-21(24)14-23(5)29(25,26)20-11-8-15(3)12-16(20)4/h8-13H,6-7,14H2,1-5H3,(H,22,24). The molecule has 2 rings (SSSR count). The Hall–Kier alpha value is -2.58. The molecule has 0 aliphatic carbocycles. The summed E-state index contributed by atoms with van der Waals surface area (Å²) in [6.07, 6.45) is 0. The Balaban J connectivity index is 2.12. The predicted octanol–water partition coefficient (Wildman–Crippen LogP) is 3.36. The minimum Gasteiger partial charge on any atom is -0.490 e. The first-order valence-electron chi connectivity index (χ1n) is 9.42. The second kappa shape index (κ2) is 9.76. The minimum atomic E-state index is -3.78. The van der Waals surface area contributed by atoms with Gasteiger partial charge in [-0.05, 0) is 51.5 Å². The maximum absolute atomic E-state index is 12.8. The minimum absolute atomic E-state index is 0.193. The van der Waals surface area contributed by atoms with Crippen LogP contribution in [0.5, 0.6) is 11.5 Å². The normalized spacial score (nSPS) is 11.4. The largest absolute Gasteiger partial charge is 0.490 e. The van der Waals surface area contributed by atoms with Crippen LogP contribution >= 0.6 is 0 Å². The number of carbonyl (C=O) groups is 1. The Morgan fingerprint density at radius 2 is 1.66 bits per heavy atom. The first-order chi connectivity index (χ1) is 13.7. The number of ether oxygens (including phenoxy) is 2. The summed E-state index contributed by atoms with van der Waals surface area (Å²) in [5, 5.41) is 2.71. The molecule has 0 aliphatic heterocycles. The first-order valence-corrected chi connectivity index (χ1v) is 10.9. The van der Waals surface area contributed by atoms with E-state index in [0.717, 1.165) is 9.87 Å². The van der Waals surface area contributed by atoms with Crippen LogP contribution < -0.4 is 14.8 Å². The third-order valence-electron chi connectivity index (χ3n) is 4.21. The maximum atomic E-state index is 12.8. The molecule has 8 heteroatoms. The Kier molecular flexibility index (Phi) is 7.64. The van der Waals surface area contributed by atoms with Crippen molar-refractivity contribution in [2.24, 2.45) is 0 Å². The predicted molar refractivity (Wildman–Crippen MR) is 113 cm³/mol. The van der Waals surface area contributed by atoms with Crippen molar-refractivity contribution in [2.75, 3.05) is 32.1 Å². The Labute approximate surface area is 172 Å². The van der Waals surface area contributed by atoms with Crippen molar-refractivity contribution >= 4 is 21.6 Å². The lowest BCUT2D eigenvalue weighted by molar-refractivity contribution is -0.116. The second-order valence-electron chi connectivity index (χ2n) is 6.61. The van der Waals surface area contributed by atoms with Gasteiger partial charge in [0.25, 0.3) is 0 Å². The van der Waals surface area contributed by atoms with E-state index in [4.69, 9.17) is 9.47 Å². The highest BCUT2D eigenvalue weighted by Crippen LogP contribution is 2.30. The smallest absolute Gasteiger partial charge is 0.243 e. The number of nitrogens with zero attached hydrogens (tertiary/aromatic N) is 1. The second-order valence-corrected chi connectivity index (χ2v) is 8.62. The van der Waals surface area contributed by atoms with Gasteiger partial charge in [-0.15, -0.1) is 0 Å². The molecule has 0 heterocycles. The molecule has 0 bridgehead atoms. The van der Waals surface area contributed by atoms with E-state index in [1.807, 2.05) is 20.8 Å². The van der Waals surface area contributed by atoms with E-state index >= 15 is 0 Å². The summed E-state index contributed by atoms with van der Waals surface area (Å²) in [5.74, 6) is 0.651. The molecule has 0 aliphatic rings. The first kappa shape index (κ1) is 22.7. The van der Waals surface area contributed by atoms with Gasteiger partial charge >= 0.3 is 0 Å². The van der Waals surface area contributed by atoms with E-state index in [1.165, 1.54) is 7.05 Å². The highest BCUT2D eigenvalue weighted by atomic mass is 32.2. The molecule has 0 saturated heterocycles. The molecule has 1 amide bonds. The van der Waals surface area contributed by atoms with E-state index < -0.39 is 15.9 Å². The number of nitrogens with one attached hydrogen (secondary N) is 1. The maximum Gasteiger partial charge on any atom is 0.243 e. The summed E-state index contributed by atoms with van der Waals surface area (Å²) in [7, 11) is -2.39. The average molecular weight is 421 g/mol. The van der Waals surface area contributed by atoms with Crippen LogP contribution in [0.2, 0.25) is 0 Å². The summed E-state index contributed by atoms with van der Waals surface area (Å²) < 4.78 is 37.7. The van der Waals surface area contributed by atoms with Gasteiger partial charge in [0.15, 0.2) is 11.5 Å². The van der Waals surface area contributed by atoms with Crippen LogP contribution in [0.15, 0.2) is 41.3 Å². The topological polar surface area (TPSA) is 84.9 Å². The molecule has 7 nitrogen and oxygen atoms in total. The molecule has 2 aromatic carbocycles. The molecular weight excluding hydrogens is 392 g/mol. The number of hydrogen-bond donors (Lipinski definition) is 1. The highest BCUT2D eigenvalue weighted by molar-refractivity contribution is 7.89. The van der Waals surface area contributed by atoms with Gasteiger partial charge < -0.3 is 14.8 Å². The molecule has 0 spiro atoms. The lowest BCUT2D eigenvalue weighted by Crippen LogP contribution is -2.35. The van der Waals surface area contributed by atoms with E-state index in [9.17, 15) is 13.2 Å². The monoisotopic (exact) mass is 420 g/mol. The molecule has 2 aromatic rings. The third-order valence-corrected chi connectivity index (χ3v) is 6.18. The fourth-order valence-electron chi connectivity index (χ4n) is 2.87. The van der Waals surface area contributed by atoms with Crippen LogP contribution in [0.25, 0.3) is 0 Å². The van der Waals surface area contributed by atoms with Crippen LogP contribution in [0.1, 0.15) is 25.0 Å². The lowest BCUT2D eigenvalue weighted by atomic mass is 10.2. The summed E-state index contributed by atoms with van der Waals surface area (Å²) in [4.78, 5) is 12.6. The van der Waals surface area contributed by atoms with Crippen molar-refractivity contribution in [3.05, 3.63) is 47.5 Å². The molecule has 0 unspecified atom stereocenters. The van der Waals surface area contributed by atoms with E-state index in [0.29, 0.717) is 36.0 Å². The summed E-state index contributed by atoms with van der Waals surface area (Å²) in [6.45, 7) is 8.00. The van der Waals surface area contributed by atoms with Gasteiger partial charge in [-0.2, -0.15) is 4.31 Å². The van der Waals surface area contributed by atoms with Gasteiger partial charge in [0.1, 0.15) is 0 Å². The van der Waals surface area contributed by atoms with Crippen molar-refractivity contribution in [1.82, 2.24) is 4.31 Å². The van der Waals surface area contributed by atoms with Crippen molar-refractivity contribution in [2.45, 2.75) is 32.6 Å². The molecule has 0 radical (unpaired) electrons. The molecule has 0 aromatic heterocycles. The van der Waals surface area contributed by atoms with Gasteiger partial charge in [0.2, 0.25) is 15.9 Å². The number of sulfonamides is 1. The lowest BCUT2D eigenvalue weighted by Gasteiger charge is -2.19. The Bertz CT molecular complexity index is 973. The van der Waals surface area contributed by atoms with Crippen molar-refractivity contribution in [3.63, 3.8) is 0 Å². The van der Waals surface area contributed by atoms with Gasteiger partial charge in [-0.1, -0.05) is 17.7 Å². The zero-order chi connectivity index (χ0) is 21.6. The molecule has 29 heavy (non-hydrogen) atoms. The molecule has 1 N–H and O–H groups in total. The quantitative estimate of drug-likeness (QED) is 0.672. The van der Waals surface area contributed by atoms with Gasteiger partial charge in [0, 0.05) is 18.8 Å². The number of anilines is 1. The van der Waals surface area contributed by atoms with Crippen molar-refractivity contribution < 1.29 is 22.7 Å². The van der Waals surface area contributed by atoms with E-state index in [-0.39, 0.29) is 11.4 Å².